The highest BCUT2D eigenvalue weighted by atomic mass is 32.1. The molecule has 0 aliphatic rings. The Balaban J connectivity index is 1.48. The summed E-state index contributed by atoms with van der Waals surface area (Å²) in [6.45, 7) is 5.04. The minimum absolute atomic E-state index is 0.700. The third-order valence-electron chi connectivity index (χ3n) is 5.35. The van der Waals surface area contributed by atoms with Crippen molar-refractivity contribution in [3.05, 3.63) is 77.1 Å². The average Bonchev–Trinajstić information content (AvgIpc) is 3.08. The van der Waals surface area contributed by atoms with Crippen molar-refractivity contribution in [2.24, 2.45) is 0 Å². The monoisotopic (exact) mass is 411 g/mol. The van der Waals surface area contributed by atoms with Gasteiger partial charge < -0.3 is 5.32 Å². The summed E-state index contributed by atoms with van der Waals surface area (Å²) in [5, 5.41) is 5.85. The molecule has 0 amide bonds. The van der Waals surface area contributed by atoms with Gasteiger partial charge in [0.25, 0.3) is 0 Å². The van der Waals surface area contributed by atoms with Crippen LogP contribution in [0.5, 0.6) is 0 Å². The first-order chi connectivity index (χ1) is 14.7. The van der Waals surface area contributed by atoms with Crippen molar-refractivity contribution < 1.29 is 0 Å². The van der Waals surface area contributed by atoms with Crippen LogP contribution in [0.15, 0.2) is 61.1 Å². The van der Waals surface area contributed by atoms with Gasteiger partial charge in [0.1, 0.15) is 10.6 Å². The van der Waals surface area contributed by atoms with Crippen molar-refractivity contribution in [2.75, 3.05) is 11.9 Å². The number of hydrogen-bond acceptors (Lipinski definition) is 6. The van der Waals surface area contributed by atoms with Crippen molar-refractivity contribution >= 4 is 38.3 Å². The van der Waals surface area contributed by atoms with Gasteiger partial charge in [0, 0.05) is 41.0 Å². The lowest BCUT2D eigenvalue weighted by Gasteiger charge is -2.11. The van der Waals surface area contributed by atoms with Gasteiger partial charge in [0.2, 0.25) is 0 Å². The lowest BCUT2D eigenvalue weighted by Crippen LogP contribution is -2.08. The number of hydrogen-bond donors (Lipinski definition) is 1. The zero-order chi connectivity index (χ0) is 20.5. The minimum atomic E-state index is 0.700. The summed E-state index contributed by atoms with van der Waals surface area (Å²) in [7, 11) is 0. The summed E-state index contributed by atoms with van der Waals surface area (Å²) in [6.07, 6.45) is 6.29. The molecule has 0 aliphatic heterocycles. The number of nitrogens with one attached hydrogen (secondary N) is 1. The number of aryl methyl sites for hydroxylation is 2. The van der Waals surface area contributed by atoms with Crippen LogP contribution in [0, 0.1) is 13.8 Å². The number of aromatic nitrogens is 4. The van der Waals surface area contributed by atoms with Gasteiger partial charge >= 0.3 is 0 Å². The molecule has 0 aliphatic carbocycles. The Morgan fingerprint density at radius 1 is 0.967 bits per heavy atom. The Labute approximate surface area is 178 Å². The normalized spacial score (nSPS) is 11.3. The van der Waals surface area contributed by atoms with Crippen LogP contribution in [0.2, 0.25) is 0 Å². The number of fused-ring (bicyclic) bond motifs is 2. The van der Waals surface area contributed by atoms with Crippen LogP contribution in [0.1, 0.15) is 16.0 Å². The van der Waals surface area contributed by atoms with Crippen LogP contribution in [0.4, 0.5) is 5.82 Å². The van der Waals surface area contributed by atoms with E-state index in [2.05, 4.69) is 53.4 Å². The van der Waals surface area contributed by atoms with Gasteiger partial charge in [-0.05, 0) is 49.6 Å². The van der Waals surface area contributed by atoms with Gasteiger partial charge in [-0.15, -0.1) is 11.3 Å². The largest absolute Gasteiger partial charge is 0.369 e. The Kier molecular flexibility index (Phi) is 4.85. The molecule has 5 aromatic rings. The molecule has 0 saturated carbocycles. The predicted octanol–water partition coefficient (Wildman–Crippen LogP) is 5.57. The highest BCUT2D eigenvalue weighted by Gasteiger charge is 2.15. The summed E-state index contributed by atoms with van der Waals surface area (Å²) in [5.41, 5.74) is 4.45. The molecule has 5 nitrogen and oxygen atoms in total. The minimum Gasteiger partial charge on any atom is -0.369 e. The standard InChI is InChI=1S/C24H21N5S/c1-15-16(2)30-24-20(15)23(28-22(29-24)19-9-4-11-25-14-19)27-13-10-18-7-3-6-17-8-5-12-26-21(17)18/h3-9,11-12,14H,10,13H2,1-2H3,(H,27,28,29). The lowest BCUT2D eigenvalue weighted by molar-refractivity contribution is 1.01. The second-order valence-electron chi connectivity index (χ2n) is 7.27. The van der Waals surface area contributed by atoms with E-state index in [0.717, 1.165) is 40.1 Å². The molecular weight excluding hydrogens is 390 g/mol. The Bertz CT molecular complexity index is 1340. The van der Waals surface area contributed by atoms with Gasteiger partial charge in [-0.1, -0.05) is 24.3 Å². The van der Waals surface area contributed by atoms with Crippen LogP contribution < -0.4 is 5.32 Å². The molecule has 148 valence electrons. The van der Waals surface area contributed by atoms with Crippen molar-refractivity contribution in [1.82, 2.24) is 19.9 Å². The van der Waals surface area contributed by atoms with Gasteiger partial charge in [-0.25, -0.2) is 9.97 Å². The Morgan fingerprint density at radius 3 is 2.70 bits per heavy atom. The fraction of sp³-hybridized carbons (Fsp3) is 0.167. The summed E-state index contributed by atoms with van der Waals surface area (Å²) in [4.78, 5) is 20.7. The quantitative estimate of drug-likeness (QED) is 0.409. The topological polar surface area (TPSA) is 63.6 Å². The van der Waals surface area contributed by atoms with E-state index in [1.54, 1.807) is 23.7 Å². The lowest BCUT2D eigenvalue weighted by atomic mass is 10.1. The maximum atomic E-state index is 4.87. The molecular formula is C24H21N5S. The molecule has 0 atom stereocenters. The molecule has 4 aromatic heterocycles. The van der Waals surface area contributed by atoms with Crippen LogP contribution in [-0.4, -0.2) is 26.5 Å². The predicted molar refractivity (Wildman–Crippen MR) is 124 cm³/mol. The number of rotatable bonds is 5. The molecule has 0 bridgehead atoms. The summed E-state index contributed by atoms with van der Waals surface area (Å²) in [5.74, 6) is 1.58. The number of benzene rings is 1. The smallest absolute Gasteiger partial charge is 0.164 e. The zero-order valence-electron chi connectivity index (χ0n) is 16.9. The molecule has 0 unspecified atom stereocenters. The number of pyridine rings is 2. The van der Waals surface area contributed by atoms with Gasteiger partial charge in [-0.3, -0.25) is 9.97 Å². The van der Waals surface area contributed by atoms with Crippen molar-refractivity contribution in [2.45, 2.75) is 20.3 Å². The van der Waals surface area contributed by atoms with E-state index >= 15 is 0 Å². The van der Waals surface area contributed by atoms with E-state index in [1.807, 2.05) is 24.4 Å². The first-order valence-electron chi connectivity index (χ1n) is 9.95. The molecule has 0 saturated heterocycles. The highest BCUT2D eigenvalue weighted by molar-refractivity contribution is 7.18. The van der Waals surface area contributed by atoms with Crippen LogP contribution in [-0.2, 0) is 6.42 Å². The van der Waals surface area contributed by atoms with Gasteiger partial charge in [-0.2, -0.15) is 0 Å². The molecule has 1 aromatic carbocycles. The molecule has 30 heavy (non-hydrogen) atoms. The maximum absolute atomic E-state index is 4.87. The highest BCUT2D eigenvalue weighted by Crippen LogP contribution is 2.34. The maximum Gasteiger partial charge on any atom is 0.164 e. The fourth-order valence-corrected chi connectivity index (χ4v) is 4.72. The Hall–Kier alpha value is -3.38. The van der Waals surface area contributed by atoms with E-state index in [-0.39, 0.29) is 0 Å². The fourth-order valence-electron chi connectivity index (χ4n) is 3.69. The van der Waals surface area contributed by atoms with Crippen molar-refractivity contribution in [3.8, 4) is 11.4 Å². The van der Waals surface area contributed by atoms with Gasteiger partial charge in [0.15, 0.2) is 5.82 Å². The zero-order valence-corrected chi connectivity index (χ0v) is 17.7. The first-order valence-corrected chi connectivity index (χ1v) is 10.8. The summed E-state index contributed by atoms with van der Waals surface area (Å²) >= 11 is 1.71. The average molecular weight is 412 g/mol. The van der Waals surface area contributed by atoms with Crippen LogP contribution in [0.3, 0.4) is 0 Å². The third kappa shape index (κ3) is 3.39. The Morgan fingerprint density at radius 2 is 1.83 bits per heavy atom. The van der Waals surface area contributed by atoms with E-state index in [9.17, 15) is 0 Å². The number of para-hydroxylation sites is 1. The molecule has 0 fully saturated rings. The SMILES string of the molecule is Cc1sc2nc(-c3cccnc3)nc(NCCc3cccc4cccnc34)c2c1C. The van der Waals surface area contributed by atoms with E-state index in [1.165, 1.54) is 21.4 Å². The summed E-state index contributed by atoms with van der Waals surface area (Å²) in [6, 6.07) is 14.3. The molecule has 0 spiro atoms. The third-order valence-corrected chi connectivity index (χ3v) is 6.45. The molecule has 5 rings (SSSR count). The molecule has 4 heterocycles. The van der Waals surface area contributed by atoms with Crippen molar-refractivity contribution in [1.29, 1.82) is 0 Å². The number of anilines is 1. The second-order valence-corrected chi connectivity index (χ2v) is 8.47. The second kappa shape index (κ2) is 7.80. The number of thiophene rings is 1. The van der Waals surface area contributed by atoms with E-state index in [0.29, 0.717) is 5.82 Å². The number of nitrogens with zero attached hydrogens (tertiary/aromatic N) is 4. The van der Waals surface area contributed by atoms with Gasteiger partial charge in [0.05, 0.1) is 10.9 Å². The van der Waals surface area contributed by atoms with Crippen LogP contribution >= 0.6 is 11.3 Å². The molecule has 1 N–H and O–H groups in total. The first kappa shape index (κ1) is 18.6. The van der Waals surface area contributed by atoms with E-state index in [4.69, 9.17) is 9.97 Å². The van der Waals surface area contributed by atoms with Crippen LogP contribution in [0.25, 0.3) is 32.5 Å². The van der Waals surface area contributed by atoms with E-state index < -0.39 is 0 Å². The summed E-state index contributed by atoms with van der Waals surface area (Å²) < 4.78 is 0. The van der Waals surface area contributed by atoms with Crippen molar-refractivity contribution in [3.63, 3.8) is 0 Å². The molecule has 0 radical (unpaired) electrons. The molecule has 6 heteroatoms.